The first-order valence-corrected chi connectivity index (χ1v) is 3.26. The minimum atomic E-state index is 0.0774. The highest BCUT2D eigenvalue weighted by Gasteiger charge is 1.97. The summed E-state index contributed by atoms with van der Waals surface area (Å²) >= 11 is 0. The molecule has 1 heteroatoms. The minimum absolute atomic E-state index is 0.0774. The van der Waals surface area contributed by atoms with Crippen molar-refractivity contribution in [1.82, 2.24) is 0 Å². The lowest BCUT2D eigenvalue weighted by Gasteiger charge is -2.06. The molecule has 0 bridgehead atoms. The van der Waals surface area contributed by atoms with Crippen molar-refractivity contribution in [2.75, 3.05) is 6.61 Å². The molecule has 0 saturated heterocycles. The van der Waals surface area contributed by atoms with Gasteiger partial charge in [-0.05, 0) is 12.5 Å². The first kappa shape index (κ1) is 9.04. The average Bonchev–Trinajstić information content (AvgIpc) is 1.98. The van der Waals surface area contributed by atoms with E-state index in [0.29, 0.717) is 6.61 Å². The molecule has 0 amide bonds. The molecule has 0 aromatic carbocycles. The van der Waals surface area contributed by atoms with Crippen molar-refractivity contribution in [2.24, 2.45) is 0 Å². The van der Waals surface area contributed by atoms with Crippen molar-refractivity contribution in [3.05, 3.63) is 18.4 Å². The van der Waals surface area contributed by atoms with Gasteiger partial charge in [-0.3, -0.25) is 0 Å². The van der Waals surface area contributed by atoms with Gasteiger partial charge < -0.3 is 4.74 Å². The van der Waals surface area contributed by atoms with Crippen LogP contribution in [0.4, 0.5) is 0 Å². The third-order valence-electron chi connectivity index (χ3n) is 1.09. The second kappa shape index (κ2) is 6.16. The van der Waals surface area contributed by atoms with Crippen LogP contribution in [-0.4, -0.2) is 12.7 Å². The highest BCUT2D eigenvalue weighted by Crippen LogP contribution is 1.97. The topological polar surface area (TPSA) is 9.23 Å². The van der Waals surface area contributed by atoms with Crippen molar-refractivity contribution in [1.29, 1.82) is 0 Å². The maximum atomic E-state index is 5.19. The van der Waals surface area contributed by atoms with E-state index in [4.69, 9.17) is 11.2 Å². The standard InChI is InChI=1S/C9H12O/c1-4-7-9(6-3)10-8-5-2/h2,7,9H,1,6,8H2,3H3. The average molecular weight is 136 g/mol. The molecule has 0 saturated carbocycles. The lowest BCUT2D eigenvalue weighted by molar-refractivity contribution is 0.111. The van der Waals surface area contributed by atoms with E-state index in [9.17, 15) is 0 Å². The predicted octanol–water partition coefficient (Wildman–Crippen LogP) is 1.76. The molecule has 0 aromatic rings. The Morgan fingerprint density at radius 2 is 2.50 bits per heavy atom. The summed E-state index contributed by atoms with van der Waals surface area (Å²) in [7, 11) is 0. The minimum Gasteiger partial charge on any atom is -0.361 e. The summed E-state index contributed by atoms with van der Waals surface area (Å²) in [5.41, 5.74) is 2.66. The van der Waals surface area contributed by atoms with Crippen LogP contribution >= 0.6 is 0 Å². The van der Waals surface area contributed by atoms with Crippen LogP contribution in [0.5, 0.6) is 0 Å². The van der Waals surface area contributed by atoms with Crippen LogP contribution in [0.1, 0.15) is 13.3 Å². The maximum absolute atomic E-state index is 5.19. The Balaban J connectivity index is 3.62. The van der Waals surface area contributed by atoms with Gasteiger partial charge in [0.1, 0.15) is 6.61 Å². The smallest absolute Gasteiger partial charge is 0.108 e. The first-order valence-electron chi connectivity index (χ1n) is 3.26. The number of terminal acetylenes is 1. The molecule has 0 rings (SSSR count). The lowest BCUT2D eigenvalue weighted by Crippen LogP contribution is -2.07. The van der Waals surface area contributed by atoms with Gasteiger partial charge >= 0.3 is 0 Å². The largest absolute Gasteiger partial charge is 0.361 e. The predicted molar refractivity (Wildman–Crippen MR) is 42.6 cm³/mol. The van der Waals surface area contributed by atoms with E-state index in [0.717, 1.165) is 6.42 Å². The van der Waals surface area contributed by atoms with Gasteiger partial charge in [-0.2, -0.15) is 0 Å². The van der Waals surface area contributed by atoms with Gasteiger partial charge in [0.05, 0.1) is 6.10 Å². The maximum Gasteiger partial charge on any atom is 0.108 e. The zero-order chi connectivity index (χ0) is 7.82. The molecule has 0 aliphatic carbocycles. The van der Waals surface area contributed by atoms with Crippen LogP contribution in [0.2, 0.25) is 0 Å². The SMILES string of the molecule is C#CCOC(C=C=C)CC. The van der Waals surface area contributed by atoms with E-state index in [1.54, 1.807) is 6.08 Å². The Hall–Kier alpha value is -0.960. The van der Waals surface area contributed by atoms with Gasteiger partial charge in [0.25, 0.3) is 0 Å². The fraction of sp³-hybridized carbons (Fsp3) is 0.444. The summed E-state index contributed by atoms with van der Waals surface area (Å²) in [6.45, 7) is 5.82. The highest BCUT2D eigenvalue weighted by molar-refractivity contribution is 4.88. The van der Waals surface area contributed by atoms with Crippen molar-refractivity contribution < 1.29 is 4.74 Å². The summed E-state index contributed by atoms with van der Waals surface area (Å²) in [4.78, 5) is 0. The third kappa shape index (κ3) is 3.97. The van der Waals surface area contributed by atoms with E-state index in [1.807, 2.05) is 6.92 Å². The van der Waals surface area contributed by atoms with Gasteiger partial charge in [0.2, 0.25) is 0 Å². The molecule has 0 aliphatic heterocycles. The molecule has 1 unspecified atom stereocenters. The fourth-order valence-corrected chi connectivity index (χ4v) is 0.570. The first-order chi connectivity index (χ1) is 4.85. The zero-order valence-corrected chi connectivity index (χ0v) is 6.26. The molecule has 0 aliphatic rings. The second-order valence-corrected chi connectivity index (χ2v) is 1.83. The molecule has 0 aromatic heterocycles. The zero-order valence-electron chi connectivity index (χ0n) is 6.26. The number of hydrogen-bond acceptors (Lipinski definition) is 1. The van der Waals surface area contributed by atoms with E-state index in [1.165, 1.54) is 0 Å². The molecule has 1 nitrogen and oxygen atoms in total. The molecule has 54 valence electrons. The molecule has 10 heavy (non-hydrogen) atoms. The van der Waals surface area contributed by atoms with Crippen LogP contribution < -0.4 is 0 Å². The Bertz CT molecular complexity index is 158. The summed E-state index contributed by atoms with van der Waals surface area (Å²) in [5, 5.41) is 0. The van der Waals surface area contributed by atoms with Gasteiger partial charge in [-0.15, -0.1) is 12.2 Å². The second-order valence-electron chi connectivity index (χ2n) is 1.83. The quantitative estimate of drug-likeness (QED) is 0.422. The van der Waals surface area contributed by atoms with Gasteiger partial charge in [0.15, 0.2) is 0 Å². The Labute approximate surface area is 62.4 Å². The van der Waals surface area contributed by atoms with Crippen LogP contribution in [0, 0.1) is 12.3 Å². The molecule has 0 spiro atoms. The van der Waals surface area contributed by atoms with Crippen molar-refractivity contribution >= 4 is 0 Å². The van der Waals surface area contributed by atoms with Crippen molar-refractivity contribution in [2.45, 2.75) is 19.4 Å². The summed E-state index contributed by atoms with van der Waals surface area (Å²) in [6, 6.07) is 0. The molecule has 1 atom stereocenters. The fourth-order valence-electron chi connectivity index (χ4n) is 0.570. The van der Waals surface area contributed by atoms with Crippen LogP contribution in [0.15, 0.2) is 18.4 Å². The molecule has 0 heterocycles. The molecule has 0 fully saturated rings. The Kier molecular flexibility index (Phi) is 5.57. The Morgan fingerprint density at radius 3 is 2.90 bits per heavy atom. The summed E-state index contributed by atoms with van der Waals surface area (Å²) in [6.07, 6.45) is 7.76. The van der Waals surface area contributed by atoms with Gasteiger partial charge in [-0.25, -0.2) is 0 Å². The third-order valence-corrected chi connectivity index (χ3v) is 1.09. The lowest BCUT2D eigenvalue weighted by atomic mass is 10.3. The van der Waals surface area contributed by atoms with Crippen LogP contribution in [0.25, 0.3) is 0 Å². The van der Waals surface area contributed by atoms with Crippen molar-refractivity contribution in [3.8, 4) is 12.3 Å². The van der Waals surface area contributed by atoms with E-state index in [-0.39, 0.29) is 6.10 Å². The molecular formula is C9H12O. The van der Waals surface area contributed by atoms with E-state index >= 15 is 0 Å². The highest BCUT2D eigenvalue weighted by atomic mass is 16.5. The van der Waals surface area contributed by atoms with Gasteiger partial charge in [0, 0.05) is 0 Å². The monoisotopic (exact) mass is 136 g/mol. The summed E-state index contributed by atoms with van der Waals surface area (Å²) < 4.78 is 5.19. The Morgan fingerprint density at radius 1 is 1.80 bits per heavy atom. The van der Waals surface area contributed by atoms with Crippen LogP contribution in [0.3, 0.4) is 0 Å². The summed E-state index contributed by atoms with van der Waals surface area (Å²) in [5.74, 6) is 2.40. The number of hydrogen-bond donors (Lipinski definition) is 0. The molecule has 0 radical (unpaired) electrons. The number of ether oxygens (including phenoxy) is 1. The number of rotatable bonds is 4. The van der Waals surface area contributed by atoms with E-state index < -0.39 is 0 Å². The van der Waals surface area contributed by atoms with Crippen LogP contribution in [-0.2, 0) is 4.74 Å². The molecule has 0 N–H and O–H groups in total. The van der Waals surface area contributed by atoms with Crippen molar-refractivity contribution in [3.63, 3.8) is 0 Å². The van der Waals surface area contributed by atoms with Gasteiger partial charge in [-0.1, -0.05) is 19.4 Å². The van der Waals surface area contributed by atoms with E-state index in [2.05, 4.69) is 18.2 Å². The normalized spacial score (nSPS) is 11.2. The molecular weight excluding hydrogens is 124 g/mol.